The summed E-state index contributed by atoms with van der Waals surface area (Å²) >= 11 is 2.04. The van der Waals surface area contributed by atoms with Gasteiger partial charge in [-0.05, 0) is 12.7 Å². The van der Waals surface area contributed by atoms with Crippen molar-refractivity contribution in [3.8, 4) is 0 Å². The topological polar surface area (TPSA) is 49.4 Å². The number of carbonyl (C=O) groups excluding carboxylic acids is 2. The molecule has 0 bridgehead atoms. The Morgan fingerprint density at radius 3 is 2.57 bits per heavy atom. The van der Waals surface area contributed by atoms with Gasteiger partial charge in [0.1, 0.15) is 0 Å². The lowest BCUT2D eigenvalue weighted by atomic mass is 10.0. The smallest absolute Gasteiger partial charge is 0.240 e. The second-order valence-corrected chi connectivity index (χ2v) is 3.52. The minimum Gasteiger partial charge on any atom is -0.346 e. The number of hydrogen-bond acceptors (Lipinski definition) is 2. The fraction of sp³-hybridized carbons (Fsp3) is 0.750. The molecule has 0 spiro atoms. The number of nitrogens with one attached hydrogen (secondary N) is 1. The van der Waals surface area contributed by atoms with Gasteiger partial charge < -0.3 is 10.2 Å². The first kappa shape index (κ1) is 13.7. The van der Waals surface area contributed by atoms with E-state index in [1.54, 1.807) is 0 Å². The molecule has 0 aliphatic heterocycles. The number of nitrogens with zero attached hydrogens (tertiary/aromatic N) is 1. The van der Waals surface area contributed by atoms with E-state index in [4.69, 9.17) is 7.85 Å². The summed E-state index contributed by atoms with van der Waals surface area (Å²) in [5.74, 6) is -0.329. The van der Waals surface area contributed by atoms with Gasteiger partial charge in [-0.1, -0.05) is 29.5 Å². The molecule has 0 fully saturated rings. The van der Waals surface area contributed by atoms with Crippen molar-refractivity contribution in [2.45, 2.75) is 19.7 Å². The molecule has 2 amide bonds. The van der Waals surface area contributed by atoms with Gasteiger partial charge in [0, 0.05) is 6.54 Å². The quantitative estimate of drug-likeness (QED) is 0.332. The van der Waals surface area contributed by atoms with Crippen LogP contribution in [0.4, 0.5) is 0 Å². The third-order valence-corrected chi connectivity index (χ3v) is 2.00. The number of carbonyl (C=O) groups is 2. The first-order valence-corrected chi connectivity index (χ1v) is 5.98. The molecule has 0 heterocycles. The lowest BCUT2D eigenvalue weighted by molar-refractivity contribution is -0.134. The van der Waals surface area contributed by atoms with E-state index < -0.39 is 0 Å². The van der Waals surface area contributed by atoms with E-state index >= 15 is 0 Å². The molecule has 4 nitrogen and oxygen atoms in total. The van der Waals surface area contributed by atoms with Crippen LogP contribution in [0.1, 0.15) is 13.3 Å². The zero-order valence-electron chi connectivity index (χ0n) is 8.25. The van der Waals surface area contributed by atoms with Crippen molar-refractivity contribution in [2.75, 3.05) is 17.6 Å². The summed E-state index contributed by atoms with van der Waals surface area (Å²) in [5.41, 5.74) is 0. The van der Waals surface area contributed by atoms with Gasteiger partial charge in [-0.3, -0.25) is 9.59 Å². The van der Waals surface area contributed by atoms with Gasteiger partial charge in [-0.2, -0.15) is 0 Å². The van der Waals surface area contributed by atoms with E-state index in [0.717, 1.165) is 6.42 Å². The zero-order chi connectivity index (χ0) is 11.0. The lowest BCUT2D eigenvalue weighted by Gasteiger charge is -2.20. The van der Waals surface area contributed by atoms with Crippen molar-refractivity contribution < 1.29 is 9.59 Å². The highest BCUT2D eigenvalue weighted by Crippen LogP contribution is 1.95. The Morgan fingerprint density at radius 1 is 1.50 bits per heavy atom. The van der Waals surface area contributed by atoms with Crippen LogP contribution in [0.2, 0.25) is 6.32 Å². The molecule has 0 aromatic heterocycles. The standard InChI is InChI=1S/C8H14BIN2O2/c1-2-3-12(8(14)4-9)5-7(13)11-6-10/h2-6H2,1H3,(H,11,13). The monoisotopic (exact) mass is 308 g/mol. The molecule has 0 saturated carbocycles. The molecule has 0 aliphatic carbocycles. The summed E-state index contributed by atoms with van der Waals surface area (Å²) in [4.78, 5) is 23.9. The predicted molar refractivity (Wildman–Crippen MR) is 64.5 cm³/mol. The Morgan fingerprint density at radius 2 is 2.14 bits per heavy atom. The van der Waals surface area contributed by atoms with Crippen LogP contribution in [0.5, 0.6) is 0 Å². The van der Waals surface area contributed by atoms with Crippen molar-refractivity contribution in [1.82, 2.24) is 10.2 Å². The zero-order valence-corrected chi connectivity index (χ0v) is 10.4. The molecule has 0 aliphatic rings. The molecular weight excluding hydrogens is 294 g/mol. The fourth-order valence-electron chi connectivity index (χ4n) is 0.995. The van der Waals surface area contributed by atoms with Crippen LogP contribution in [0.3, 0.4) is 0 Å². The van der Waals surface area contributed by atoms with Crippen LogP contribution in [0, 0.1) is 0 Å². The molecule has 0 aromatic carbocycles. The van der Waals surface area contributed by atoms with E-state index in [1.807, 2.05) is 29.5 Å². The van der Waals surface area contributed by atoms with Crippen molar-refractivity contribution in [3.05, 3.63) is 0 Å². The molecular formula is C8H14BIN2O2. The van der Waals surface area contributed by atoms with E-state index in [0.29, 0.717) is 11.1 Å². The van der Waals surface area contributed by atoms with Gasteiger partial charge in [0.2, 0.25) is 11.8 Å². The molecule has 1 N–H and O–H groups in total. The summed E-state index contributed by atoms with van der Waals surface area (Å²) in [6, 6.07) is 0. The minimum atomic E-state index is -0.185. The Hall–Kier alpha value is -0.265. The normalized spacial score (nSPS) is 9.57. The Balaban J connectivity index is 4.08. The first-order valence-electron chi connectivity index (χ1n) is 4.46. The molecule has 0 rings (SSSR count). The molecule has 0 atom stereocenters. The predicted octanol–water partition coefficient (Wildman–Crippen LogP) is 0.320. The van der Waals surface area contributed by atoms with Crippen LogP contribution < -0.4 is 5.32 Å². The summed E-state index contributed by atoms with van der Waals surface area (Å²) in [5, 5.41) is 2.63. The highest BCUT2D eigenvalue weighted by atomic mass is 127. The number of rotatable bonds is 6. The van der Waals surface area contributed by atoms with Gasteiger partial charge in [0.25, 0.3) is 0 Å². The van der Waals surface area contributed by atoms with Gasteiger partial charge in [-0.25, -0.2) is 0 Å². The average Bonchev–Trinajstić information content (AvgIpc) is 2.16. The maximum absolute atomic E-state index is 11.3. The van der Waals surface area contributed by atoms with E-state index in [9.17, 15) is 9.59 Å². The number of hydrogen-bond donors (Lipinski definition) is 1. The highest BCUT2D eigenvalue weighted by molar-refractivity contribution is 14.1. The molecule has 0 unspecified atom stereocenters. The Kier molecular flexibility index (Phi) is 7.92. The second kappa shape index (κ2) is 8.08. The van der Waals surface area contributed by atoms with E-state index in [1.165, 1.54) is 4.90 Å². The van der Waals surface area contributed by atoms with Crippen LogP contribution in [-0.4, -0.2) is 42.2 Å². The van der Waals surface area contributed by atoms with Crippen LogP contribution >= 0.6 is 22.6 Å². The van der Waals surface area contributed by atoms with E-state index in [2.05, 4.69) is 5.32 Å². The number of amides is 2. The molecule has 2 radical (unpaired) electrons. The first-order chi connectivity index (χ1) is 6.65. The van der Waals surface area contributed by atoms with Crippen molar-refractivity contribution >= 4 is 42.3 Å². The summed E-state index contributed by atoms with van der Waals surface area (Å²) < 4.78 is 0.549. The van der Waals surface area contributed by atoms with Gasteiger partial charge in [0.15, 0.2) is 0 Å². The maximum Gasteiger partial charge on any atom is 0.240 e. The molecule has 6 heteroatoms. The lowest BCUT2D eigenvalue weighted by Crippen LogP contribution is -2.40. The van der Waals surface area contributed by atoms with Gasteiger partial charge >= 0.3 is 0 Å². The maximum atomic E-state index is 11.3. The van der Waals surface area contributed by atoms with Gasteiger partial charge in [-0.15, -0.1) is 0 Å². The van der Waals surface area contributed by atoms with Crippen LogP contribution in [0.15, 0.2) is 0 Å². The van der Waals surface area contributed by atoms with Crippen molar-refractivity contribution in [3.63, 3.8) is 0 Å². The minimum absolute atomic E-state index is 0.0441. The summed E-state index contributed by atoms with van der Waals surface area (Å²) in [6.07, 6.45) is 0.779. The summed E-state index contributed by atoms with van der Waals surface area (Å²) in [6.45, 7) is 2.63. The molecule has 14 heavy (non-hydrogen) atoms. The highest BCUT2D eigenvalue weighted by Gasteiger charge is 2.13. The molecule has 0 aromatic rings. The Labute approximate surface area is 99.3 Å². The summed E-state index contributed by atoms with van der Waals surface area (Å²) in [7, 11) is 5.23. The average molecular weight is 308 g/mol. The molecule has 0 saturated heterocycles. The van der Waals surface area contributed by atoms with Crippen LogP contribution in [0.25, 0.3) is 0 Å². The number of halogens is 1. The molecule has 78 valence electrons. The second-order valence-electron chi connectivity index (χ2n) is 2.75. The SMILES string of the molecule is [B]CC(=O)N(CCC)CC(=O)NCI. The third kappa shape index (κ3) is 5.46. The third-order valence-electron chi connectivity index (χ3n) is 1.62. The van der Waals surface area contributed by atoms with Gasteiger partial charge in [0.05, 0.1) is 18.9 Å². The van der Waals surface area contributed by atoms with E-state index in [-0.39, 0.29) is 24.7 Å². The van der Waals surface area contributed by atoms with Crippen LogP contribution in [-0.2, 0) is 9.59 Å². The van der Waals surface area contributed by atoms with Crippen molar-refractivity contribution in [2.24, 2.45) is 0 Å². The number of alkyl halides is 1. The largest absolute Gasteiger partial charge is 0.346 e. The Bertz CT molecular complexity index is 202. The van der Waals surface area contributed by atoms with Crippen molar-refractivity contribution in [1.29, 1.82) is 0 Å². The fourth-order valence-corrected chi connectivity index (χ4v) is 1.42.